The quantitative estimate of drug-likeness (QED) is 0.572. The Morgan fingerprint density at radius 1 is 0.929 bits per heavy atom. The molecule has 1 amide bonds. The van der Waals surface area contributed by atoms with Crippen molar-refractivity contribution in [2.75, 3.05) is 13.1 Å². The van der Waals surface area contributed by atoms with Crippen molar-refractivity contribution in [1.29, 1.82) is 0 Å². The number of allylic oxidation sites excluding steroid dienone is 2. The van der Waals surface area contributed by atoms with E-state index in [1.54, 1.807) is 12.2 Å². The molecule has 3 rings (SSSR count). The van der Waals surface area contributed by atoms with Gasteiger partial charge >= 0.3 is 0 Å². The number of hydrogen-bond acceptors (Lipinski definition) is 3. The van der Waals surface area contributed by atoms with Gasteiger partial charge in [0, 0.05) is 19.2 Å². The maximum atomic E-state index is 12.4. The molecule has 0 spiro atoms. The third kappa shape index (κ3) is 6.05. The van der Waals surface area contributed by atoms with E-state index >= 15 is 0 Å². The minimum atomic E-state index is -0.822. The smallest absolute Gasteiger partial charge is 0.248 e. The van der Waals surface area contributed by atoms with Gasteiger partial charge in [0.25, 0.3) is 0 Å². The van der Waals surface area contributed by atoms with Crippen LogP contribution in [0.5, 0.6) is 0 Å². The van der Waals surface area contributed by atoms with Crippen molar-refractivity contribution in [3.05, 3.63) is 95.7 Å². The Labute approximate surface area is 166 Å². The van der Waals surface area contributed by atoms with Crippen LogP contribution in [0.15, 0.2) is 84.6 Å². The fourth-order valence-corrected chi connectivity index (χ4v) is 3.12. The highest BCUT2D eigenvalue weighted by Crippen LogP contribution is 2.15. The average Bonchev–Trinajstić information content (AvgIpc) is 3.27. The van der Waals surface area contributed by atoms with Crippen LogP contribution in [0.3, 0.4) is 0 Å². The van der Waals surface area contributed by atoms with Gasteiger partial charge in [-0.3, -0.25) is 9.69 Å². The second kappa shape index (κ2) is 10.4. The summed E-state index contributed by atoms with van der Waals surface area (Å²) in [5, 5.41) is 13.6. The Morgan fingerprint density at radius 3 is 2.11 bits per heavy atom. The molecule has 0 radical (unpaired) electrons. The minimum absolute atomic E-state index is 0.263. The molecule has 0 aromatic heterocycles. The molecule has 1 aliphatic rings. The van der Waals surface area contributed by atoms with Crippen LogP contribution in [-0.2, 0) is 4.79 Å². The van der Waals surface area contributed by atoms with Gasteiger partial charge in [0.2, 0.25) is 5.91 Å². The molecular weight excluding hydrogens is 348 g/mol. The molecule has 4 heteroatoms. The Bertz CT molecular complexity index is 835. The average molecular weight is 374 g/mol. The summed E-state index contributed by atoms with van der Waals surface area (Å²) in [5.41, 5.74) is 2.49. The lowest BCUT2D eigenvalue weighted by molar-refractivity contribution is -0.116. The first-order chi connectivity index (χ1) is 13.7. The third-order valence-electron chi connectivity index (χ3n) is 4.62. The zero-order valence-corrected chi connectivity index (χ0v) is 15.9. The van der Waals surface area contributed by atoms with Gasteiger partial charge in [0.15, 0.2) is 0 Å². The second-order valence-electron chi connectivity index (χ2n) is 6.74. The van der Waals surface area contributed by atoms with Gasteiger partial charge in [-0.1, -0.05) is 72.8 Å². The summed E-state index contributed by atoms with van der Waals surface area (Å²) in [4.78, 5) is 14.4. The molecule has 1 fully saturated rings. The van der Waals surface area contributed by atoms with Gasteiger partial charge in [-0.15, -0.1) is 0 Å². The molecule has 0 aliphatic carbocycles. The van der Waals surface area contributed by atoms with E-state index in [1.807, 2.05) is 77.7 Å². The van der Waals surface area contributed by atoms with Crippen molar-refractivity contribution < 1.29 is 9.90 Å². The molecule has 2 aromatic rings. The molecule has 144 valence electrons. The molecule has 2 N–H and O–H groups in total. The topological polar surface area (TPSA) is 52.6 Å². The first kappa shape index (κ1) is 19.8. The number of nitrogens with zero attached hydrogens (tertiary/aromatic N) is 1. The first-order valence-corrected chi connectivity index (χ1v) is 9.62. The van der Waals surface area contributed by atoms with Crippen LogP contribution in [0, 0.1) is 0 Å². The van der Waals surface area contributed by atoms with Crippen LogP contribution in [-0.4, -0.2) is 35.2 Å². The summed E-state index contributed by atoms with van der Waals surface area (Å²) in [7, 11) is 0. The standard InChI is InChI=1S/C24H26N2O2/c27-23(17-16-21-12-5-2-6-13-21)25-22(24(28)26-18-7-8-19-26)15-9-14-20-10-3-1-4-11-20/h1-6,9-17,24,28H,7-8,18-19H2,(H,25,27)/b14-9+,17-16+,22-15-. The summed E-state index contributed by atoms with van der Waals surface area (Å²) in [5.74, 6) is -0.263. The van der Waals surface area contributed by atoms with Crippen molar-refractivity contribution in [2.24, 2.45) is 0 Å². The van der Waals surface area contributed by atoms with Crippen LogP contribution in [0.2, 0.25) is 0 Å². The van der Waals surface area contributed by atoms with E-state index in [4.69, 9.17) is 0 Å². The highest BCUT2D eigenvalue weighted by molar-refractivity contribution is 5.92. The van der Waals surface area contributed by atoms with E-state index in [2.05, 4.69) is 5.32 Å². The third-order valence-corrected chi connectivity index (χ3v) is 4.62. The van der Waals surface area contributed by atoms with Crippen molar-refractivity contribution in [2.45, 2.75) is 19.1 Å². The number of aliphatic hydroxyl groups is 1. The Hall–Kier alpha value is -2.95. The molecule has 0 saturated carbocycles. The number of rotatable bonds is 7. The van der Waals surface area contributed by atoms with Gasteiger partial charge < -0.3 is 10.4 Å². The molecular formula is C24H26N2O2. The number of likely N-dealkylation sites (tertiary alicyclic amines) is 1. The van der Waals surface area contributed by atoms with E-state index in [0.717, 1.165) is 37.1 Å². The zero-order valence-electron chi connectivity index (χ0n) is 15.9. The van der Waals surface area contributed by atoms with Crippen LogP contribution in [0.4, 0.5) is 0 Å². The number of hydrogen-bond donors (Lipinski definition) is 2. The molecule has 1 aliphatic heterocycles. The van der Waals surface area contributed by atoms with Gasteiger partial charge in [-0.2, -0.15) is 0 Å². The van der Waals surface area contributed by atoms with Crippen LogP contribution in [0.1, 0.15) is 24.0 Å². The lowest BCUT2D eigenvalue weighted by Crippen LogP contribution is -2.40. The van der Waals surface area contributed by atoms with Crippen molar-refractivity contribution >= 4 is 18.1 Å². The number of benzene rings is 2. The SMILES string of the molecule is O=C(/C=C/c1ccccc1)N/C(=C\C=C\c1ccccc1)C(O)N1CCCC1. The largest absolute Gasteiger partial charge is 0.373 e. The normalized spacial score (nSPS) is 16.7. The lowest BCUT2D eigenvalue weighted by atomic mass is 10.2. The predicted octanol–water partition coefficient (Wildman–Crippen LogP) is 3.83. The monoisotopic (exact) mass is 374 g/mol. The van der Waals surface area contributed by atoms with Crippen LogP contribution in [0.25, 0.3) is 12.2 Å². The summed E-state index contributed by atoms with van der Waals surface area (Å²) in [6.45, 7) is 1.66. The fourth-order valence-electron chi connectivity index (χ4n) is 3.12. The van der Waals surface area contributed by atoms with E-state index < -0.39 is 6.23 Å². The number of amides is 1. The molecule has 1 unspecified atom stereocenters. The molecule has 1 heterocycles. The minimum Gasteiger partial charge on any atom is -0.373 e. The highest BCUT2D eigenvalue weighted by atomic mass is 16.3. The van der Waals surface area contributed by atoms with Gasteiger partial charge in [0.05, 0.1) is 5.70 Å². The molecule has 1 saturated heterocycles. The van der Waals surface area contributed by atoms with E-state index in [-0.39, 0.29) is 5.91 Å². The van der Waals surface area contributed by atoms with Crippen LogP contribution < -0.4 is 5.32 Å². The predicted molar refractivity (Wildman–Crippen MR) is 114 cm³/mol. The molecule has 2 aromatic carbocycles. The number of nitrogens with one attached hydrogen (secondary N) is 1. The van der Waals surface area contributed by atoms with Gasteiger partial charge in [-0.25, -0.2) is 0 Å². The molecule has 1 atom stereocenters. The van der Waals surface area contributed by atoms with E-state index in [0.29, 0.717) is 5.70 Å². The molecule has 4 nitrogen and oxygen atoms in total. The van der Waals surface area contributed by atoms with E-state index in [9.17, 15) is 9.90 Å². The summed E-state index contributed by atoms with van der Waals surface area (Å²) >= 11 is 0. The van der Waals surface area contributed by atoms with Crippen molar-refractivity contribution in [3.8, 4) is 0 Å². The first-order valence-electron chi connectivity index (χ1n) is 9.62. The highest BCUT2D eigenvalue weighted by Gasteiger charge is 2.23. The van der Waals surface area contributed by atoms with Crippen LogP contribution >= 0.6 is 0 Å². The Kier molecular flexibility index (Phi) is 7.36. The summed E-state index contributed by atoms with van der Waals surface area (Å²) in [6, 6.07) is 19.6. The second-order valence-corrected chi connectivity index (χ2v) is 6.74. The number of aliphatic hydroxyl groups excluding tert-OH is 1. The zero-order chi connectivity index (χ0) is 19.6. The number of carbonyl (C=O) groups is 1. The Morgan fingerprint density at radius 2 is 1.50 bits per heavy atom. The number of carbonyl (C=O) groups excluding carboxylic acids is 1. The maximum Gasteiger partial charge on any atom is 0.248 e. The summed E-state index contributed by atoms with van der Waals surface area (Å²) < 4.78 is 0. The van der Waals surface area contributed by atoms with Crippen molar-refractivity contribution in [1.82, 2.24) is 10.2 Å². The summed E-state index contributed by atoms with van der Waals surface area (Å²) in [6.07, 6.45) is 10.1. The van der Waals surface area contributed by atoms with Crippen molar-refractivity contribution in [3.63, 3.8) is 0 Å². The fraction of sp³-hybridized carbons (Fsp3) is 0.208. The lowest BCUT2D eigenvalue weighted by Gasteiger charge is -2.24. The molecule has 0 bridgehead atoms. The van der Waals surface area contributed by atoms with Gasteiger partial charge in [0.1, 0.15) is 6.23 Å². The van der Waals surface area contributed by atoms with Gasteiger partial charge in [-0.05, 0) is 36.1 Å². The Balaban J connectivity index is 1.71. The molecule has 28 heavy (non-hydrogen) atoms. The van der Waals surface area contributed by atoms with E-state index in [1.165, 1.54) is 6.08 Å². The maximum absolute atomic E-state index is 12.4.